The Hall–Kier alpha value is -1.26. The predicted molar refractivity (Wildman–Crippen MR) is 87.0 cm³/mol. The maximum absolute atomic E-state index is 6.19. The summed E-state index contributed by atoms with van der Waals surface area (Å²) in [6.07, 6.45) is 2.16. The van der Waals surface area contributed by atoms with Gasteiger partial charge in [-0.2, -0.15) is 0 Å². The second-order valence-corrected chi connectivity index (χ2v) is 6.27. The quantitative estimate of drug-likeness (QED) is 0.906. The SMILES string of the molecule is COc1ccccc1N(C)C1(CN)CCOC(C(C)C)C1. The Bertz CT molecular complexity index is 464. The number of hydrogen-bond acceptors (Lipinski definition) is 4. The van der Waals surface area contributed by atoms with Crippen LogP contribution in [-0.4, -0.2) is 39.0 Å². The van der Waals surface area contributed by atoms with Crippen molar-refractivity contribution in [3.63, 3.8) is 0 Å². The molecule has 0 saturated carbocycles. The molecule has 4 heteroatoms. The molecule has 1 aromatic carbocycles. The number of ether oxygens (including phenoxy) is 2. The number of nitrogens with zero attached hydrogens (tertiary/aromatic N) is 1. The largest absolute Gasteiger partial charge is 0.495 e. The lowest BCUT2D eigenvalue weighted by Gasteiger charge is -2.48. The maximum atomic E-state index is 6.19. The van der Waals surface area contributed by atoms with Crippen LogP contribution in [0.3, 0.4) is 0 Å². The number of rotatable bonds is 5. The van der Waals surface area contributed by atoms with E-state index in [0.717, 1.165) is 30.9 Å². The minimum atomic E-state index is -0.0676. The Morgan fingerprint density at radius 1 is 1.43 bits per heavy atom. The van der Waals surface area contributed by atoms with Crippen molar-refractivity contribution in [1.29, 1.82) is 0 Å². The molecule has 1 aliphatic heterocycles. The molecule has 0 bridgehead atoms. The molecule has 2 atom stereocenters. The predicted octanol–water partition coefficient (Wildman–Crippen LogP) is 2.66. The van der Waals surface area contributed by atoms with Crippen molar-refractivity contribution >= 4 is 5.69 Å². The van der Waals surface area contributed by atoms with Crippen molar-refractivity contribution in [3.8, 4) is 5.75 Å². The fourth-order valence-corrected chi connectivity index (χ4v) is 3.15. The van der Waals surface area contributed by atoms with Crippen LogP contribution < -0.4 is 15.4 Å². The van der Waals surface area contributed by atoms with E-state index in [1.165, 1.54) is 0 Å². The van der Waals surface area contributed by atoms with Crippen LogP contribution in [0.25, 0.3) is 0 Å². The van der Waals surface area contributed by atoms with Gasteiger partial charge < -0.3 is 20.1 Å². The molecule has 2 rings (SSSR count). The molecule has 1 saturated heterocycles. The van der Waals surface area contributed by atoms with Gasteiger partial charge in [-0.05, 0) is 30.9 Å². The molecule has 21 heavy (non-hydrogen) atoms. The van der Waals surface area contributed by atoms with Crippen molar-refractivity contribution in [2.24, 2.45) is 11.7 Å². The summed E-state index contributed by atoms with van der Waals surface area (Å²) in [6, 6.07) is 8.12. The molecule has 118 valence electrons. The van der Waals surface area contributed by atoms with Crippen molar-refractivity contribution in [3.05, 3.63) is 24.3 Å². The van der Waals surface area contributed by atoms with Crippen LogP contribution in [0.2, 0.25) is 0 Å². The van der Waals surface area contributed by atoms with Gasteiger partial charge in [0.25, 0.3) is 0 Å². The molecule has 1 heterocycles. The highest BCUT2D eigenvalue weighted by molar-refractivity contribution is 5.59. The van der Waals surface area contributed by atoms with Gasteiger partial charge in [0.1, 0.15) is 5.75 Å². The van der Waals surface area contributed by atoms with Crippen molar-refractivity contribution in [1.82, 2.24) is 0 Å². The lowest BCUT2D eigenvalue weighted by atomic mass is 9.81. The fraction of sp³-hybridized carbons (Fsp3) is 0.647. The summed E-state index contributed by atoms with van der Waals surface area (Å²) in [7, 11) is 3.83. The fourth-order valence-electron chi connectivity index (χ4n) is 3.15. The Morgan fingerprint density at radius 3 is 2.76 bits per heavy atom. The van der Waals surface area contributed by atoms with Gasteiger partial charge in [0.15, 0.2) is 0 Å². The average molecular weight is 292 g/mol. The van der Waals surface area contributed by atoms with E-state index in [9.17, 15) is 0 Å². The van der Waals surface area contributed by atoms with Crippen LogP contribution in [0.15, 0.2) is 24.3 Å². The summed E-state index contributed by atoms with van der Waals surface area (Å²) >= 11 is 0. The molecule has 0 radical (unpaired) electrons. The zero-order valence-corrected chi connectivity index (χ0v) is 13.6. The summed E-state index contributed by atoms with van der Waals surface area (Å²) in [5.41, 5.74) is 7.22. The van der Waals surface area contributed by atoms with E-state index < -0.39 is 0 Å². The molecule has 0 aliphatic carbocycles. The Balaban J connectivity index is 2.31. The summed E-state index contributed by atoms with van der Waals surface area (Å²) < 4.78 is 11.4. The van der Waals surface area contributed by atoms with Crippen molar-refractivity contribution in [2.45, 2.75) is 38.3 Å². The van der Waals surface area contributed by atoms with Gasteiger partial charge in [-0.1, -0.05) is 26.0 Å². The Labute approximate surface area is 128 Å². The third-order valence-electron chi connectivity index (χ3n) is 4.76. The van der Waals surface area contributed by atoms with E-state index in [4.69, 9.17) is 15.2 Å². The van der Waals surface area contributed by atoms with E-state index in [2.05, 4.69) is 31.9 Å². The number of para-hydroxylation sites is 2. The van der Waals surface area contributed by atoms with E-state index in [-0.39, 0.29) is 11.6 Å². The third-order valence-corrected chi connectivity index (χ3v) is 4.76. The van der Waals surface area contributed by atoms with Gasteiger partial charge in [-0.25, -0.2) is 0 Å². The van der Waals surface area contributed by atoms with Crippen LogP contribution in [0.4, 0.5) is 5.69 Å². The number of methoxy groups -OCH3 is 1. The van der Waals surface area contributed by atoms with Gasteiger partial charge in [-0.15, -0.1) is 0 Å². The molecule has 1 aromatic rings. The number of likely N-dealkylation sites (N-methyl/N-ethyl adjacent to an activating group) is 1. The number of anilines is 1. The lowest BCUT2D eigenvalue weighted by molar-refractivity contribution is -0.0413. The second kappa shape index (κ2) is 6.67. The minimum absolute atomic E-state index is 0.0676. The summed E-state index contributed by atoms with van der Waals surface area (Å²) in [5, 5.41) is 0. The maximum Gasteiger partial charge on any atom is 0.142 e. The molecule has 4 nitrogen and oxygen atoms in total. The third kappa shape index (κ3) is 3.16. The number of nitrogens with two attached hydrogens (primary N) is 1. The van der Waals surface area contributed by atoms with Crippen LogP contribution in [-0.2, 0) is 4.74 Å². The molecular weight excluding hydrogens is 264 g/mol. The highest BCUT2D eigenvalue weighted by Gasteiger charge is 2.41. The number of hydrogen-bond donors (Lipinski definition) is 1. The van der Waals surface area contributed by atoms with Crippen LogP contribution in [0.5, 0.6) is 5.75 Å². The molecule has 0 aromatic heterocycles. The highest BCUT2D eigenvalue weighted by atomic mass is 16.5. The molecule has 2 unspecified atom stereocenters. The average Bonchev–Trinajstić information content (AvgIpc) is 2.54. The van der Waals surface area contributed by atoms with Crippen LogP contribution in [0, 0.1) is 5.92 Å². The number of benzene rings is 1. The zero-order chi connectivity index (χ0) is 15.5. The molecule has 0 spiro atoms. The first-order valence-corrected chi connectivity index (χ1v) is 7.72. The molecular formula is C17H28N2O2. The smallest absolute Gasteiger partial charge is 0.142 e. The molecule has 1 fully saturated rings. The molecule has 0 amide bonds. The first-order valence-electron chi connectivity index (χ1n) is 7.72. The highest BCUT2D eigenvalue weighted by Crippen LogP contribution is 2.38. The Morgan fingerprint density at radius 2 is 2.14 bits per heavy atom. The first-order chi connectivity index (χ1) is 10.0. The standard InChI is InChI=1S/C17H28N2O2/c1-13(2)16-11-17(12-18,9-10-21-16)19(3)14-7-5-6-8-15(14)20-4/h5-8,13,16H,9-12,18H2,1-4H3. The van der Waals surface area contributed by atoms with E-state index in [1.54, 1.807) is 7.11 Å². The van der Waals surface area contributed by atoms with E-state index in [1.807, 2.05) is 18.2 Å². The monoisotopic (exact) mass is 292 g/mol. The van der Waals surface area contributed by atoms with Crippen LogP contribution >= 0.6 is 0 Å². The minimum Gasteiger partial charge on any atom is -0.495 e. The van der Waals surface area contributed by atoms with Gasteiger partial charge in [0.2, 0.25) is 0 Å². The molecule has 1 aliphatic rings. The topological polar surface area (TPSA) is 47.7 Å². The van der Waals surface area contributed by atoms with Gasteiger partial charge in [-0.3, -0.25) is 0 Å². The summed E-state index contributed by atoms with van der Waals surface area (Å²) in [4.78, 5) is 2.30. The normalized spacial score (nSPS) is 25.9. The summed E-state index contributed by atoms with van der Waals surface area (Å²) in [6.45, 7) is 5.80. The lowest BCUT2D eigenvalue weighted by Crippen LogP contribution is -2.58. The van der Waals surface area contributed by atoms with Crippen LogP contribution in [0.1, 0.15) is 26.7 Å². The Kier molecular flexibility index (Phi) is 5.12. The van der Waals surface area contributed by atoms with Gasteiger partial charge in [0, 0.05) is 20.2 Å². The zero-order valence-electron chi connectivity index (χ0n) is 13.6. The summed E-state index contributed by atoms with van der Waals surface area (Å²) in [5.74, 6) is 1.39. The van der Waals surface area contributed by atoms with E-state index in [0.29, 0.717) is 12.5 Å². The van der Waals surface area contributed by atoms with Gasteiger partial charge in [0.05, 0.1) is 24.4 Å². The first kappa shape index (κ1) is 16.1. The second-order valence-electron chi connectivity index (χ2n) is 6.27. The molecule has 2 N–H and O–H groups in total. The van der Waals surface area contributed by atoms with Crippen molar-refractivity contribution < 1.29 is 9.47 Å². The van der Waals surface area contributed by atoms with Gasteiger partial charge >= 0.3 is 0 Å². The van der Waals surface area contributed by atoms with Crippen molar-refractivity contribution in [2.75, 3.05) is 32.2 Å². The van der Waals surface area contributed by atoms with E-state index >= 15 is 0 Å².